The third kappa shape index (κ3) is 5.13. The van der Waals surface area contributed by atoms with Gasteiger partial charge in [-0.15, -0.1) is 11.8 Å². The van der Waals surface area contributed by atoms with E-state index >= 15 is 0 Å². The molecule has 132 valence electrons. The van der Waals surface area contributed by atoms with E-state index in [0.29, 0.717) is 35.7 Å². The SMILES string of the molecule is CC(C)Sc1ccc(CC(=O)N2CC(Oc3ccc(Cl)cn3)C2)cc1. The van der Waals surface area contributed by atoms with E-state index in [0.717, 1.165) is 5.56 Å². The number of benzene rings is 1. The molecule has 0 saturated carbocycles. The van der Waals surface area contributed by atoms with E-state index in [-0.39, 0.29) is 12.0 Å². The maximum absolute atomic E-state index is 12.3. The second kappa shape index (κ2) is 8.11. The van der Waals surface area contributed by atoms with Crippen LogP contribution in [0.4, 0.5) is 0 Å². The number of carbonyl (C=O) groups excluding carboxylic acids is 1. The number of ether oxygens (including phenoxy) is 1. The minimum atomic E-state index is 0.00226. The lowest BCUT2D eigenvalue weighted by Crippen LogP contribution is -2.56. The Kier molecular flexibility index (Phi) is 5.86. The molecule has 6 heteroatoms. The number of amides is 1. The van der Waals surface area contributed by atoms with E-state index in [1.165, 1.54) is 4.90 Å². The number of aromatic nitrogens is 1. The lowest BCUT2D eigenvalue weighted by Gasteiger charge is -2.38. The fourth-order valence-electron chi connectivity index (χ4n) is 2.56. The van der Waals surface area contributed by atoms with E-state index in [2.05, 4.69) is 31.0 Å². The molecule has 1 aromatic heterocycles. The Hall–Kier alpha value is -1.72. The number of pyridine rings is 1. The number of rotatable bonds is 6. The van der Waals surface area contributed by atoms with E-state index in [4.69, 9.17) is 16.3 Å². The molecule has 0 spiro atoms. The van der Waals surface area contributed by atoms with Gasteiger partial charge in [-0.1, -0.05) is 37.6 Å². The molecule has 0 atom stereocenters. The molecule has 1 saturated heterocycles. The van der Waals surface area contributed by atoms with Crippen LogP contribution in [0.15, 0.2) is 47.5 Å². The average Bonchev–Trinajstić information content (AvgIpc) is 2.53. The number of thioether (sulfide) groups is 1. The van der Waals surface area contributed by atoms with E-state index < -0.39 is 0 Å². The van der Waals surface area contributed by atoms with Crippen LogP contribution in [0.2, 0.25) is 5.02 Å². The fourth-order valence-corrected chi connectivity index (χ4v) is 3.51. The lowest BCUT2D eigenvalue weighted by molar-refractivity contribution is -0.139. The minimum absolute atomic E-state index is 0.00226. The quantitative estimate of drug-likeness (QED) is 0.713. The van der Waals surface area contributed by atoms with Gasteiger partial charge >= 0.3 is 0 Å². The Morgan fingerprint density at radius 3 is 2.60 bits per heavy atom. The van der Waals surface area contributed by atoms with Crippen molar-refractivity contribution in [3.8, 4) is 5.88 Å². The van der Waals surface area contributed by atoms with Gasteiger partial charge in [0.2, 0.25) is 11.8 Å². The molecule has 0 aliphatic carbocycles. The molecule has 0 unspecified atom stereocenters. The van der Waals surface area contributed by atoms with Gasteiger partial charge in [-0.25, -0.2) is 4.98 Å². The molecule has 1 aliphatic heterocycles. The molecular formula is C19H21ClN2O2S. The highest BCUT2D eigenvalue weighted by molar-refractivity contribution is 7.99. The van der Waals surface area contributed by atoms with E-state index in [1.54, 1.807) is 18.3 Å². The van der Waals surface area contributed by atoms with Crippen molar-refractivity contribution in [1.29, 1.82) is 0 Å². The summed E-state index contributed by atoms with van der Waals surface area (Å²) in [7, 11) is 0. The molecule has 3 rings (SSSR count). The van der Waals surface area contributed by atoms with Gasteiger partial charge in [0.1, 0.15) is 6.10 Å². The first-order valence-electron chi connectivity index (χ1n) is 8.31. The molecular weight excluding hydrogens is 356 g/mol. The molecule has 2 aromatic rings. The summed E-state index contributed by atoms with van der Waals surface area (Å²) in [4.78, 5) is 19.5. The third-order valence-electron chi connectivity index (χ3n) is 3.84. The van der Waals surface area contributed by atoms with Crippen molar-refractivity contribution in [3.63, 3.8) is 0 Å². The predicted molar refractivity (Wildman–Crippen MR) is 101 cm³/mol. The summed E-state index contributed by atoms with van der Waals surface area (Å²) < 4.78 is 5.72. The van der Waals surface area contributed by atoms with E-state index in [1.807, 2.05) is 28.8 Å². The number of nitrogens with zero attached hydrogens (tertiary/aromatic N) is 2. The molecule has 0 N–H and O–H groups in total. The second-order valence-corrected chi connectivity index (χ2v) is 8.43. The predicted octanol–water partition coefficient (Wildman–Crippen LogP) is 4.07. The fraction of sp³-hybridized carbons (Fsp3) is 0.368. The standard InChI is InChI=1S/C19H21ClN2O2S/c1-13(2)25-17-6-3-14(4-7-17)9-19(23)22-11-16(12-22)24-18-8-5-15(20)10-21-18/h3-8,10,13,16H,9,11-12H2,1-2H3. The van der Waals surface area contributed by atoms with Crippen molar-refractivity contribution in [1.82, 2.24) is 9.88 Å². The number of halogens is 1. The maximum Gasteiger partial charge on any atom is 0.227 e. The van der Waals surface area contributed by atoms with Crippen molar-refractivity contribution in [2.75, 3.05) is 13.1 Å². The summed E-state index contributed by atoms with van der Waals surface area (Å²) in [6.07, 6.45) is 1.99. The van der Waals surface area contributed by atoms with Crippen LogP contribution in [0.3, 0.4) is 0 Å². The molecule has 0 bridgehead atoms. The van der Waals surface area contributed by atoms with Gasteiger partial charge in [0.05, 0.1) is 24.5 Å². The van der Waals surface area contributed by atoms with Crippen LogP contribution in [0.1, 0.15) is 19.4 Å². The largest absolute Gasteiger partial charge is 0.471 e. The Labute approximate surface area is 157 Å². The van der Waals surface area contributed by atoms with Crippen LogP contribution in [-0.4, -0.2) is 40.2 Å². The van der Waals surface area contributed by atoms with Crippen molar-refractivity contribution < 1.29 is 9.53 Å². The molecule has 1 fully saturated rings. The van der Waals surface area contributed by atoms with Gasteiger partial charge in [0.15, 0.2) is 0 Å². The lowest BCUT2D eigenvalue weighted by atomic mass is 10.1. The average molecular weight is 377 g/mol. The van der Waals surface area contributed by atoms with Gasteiger partial charge < -0.3 is 9.64 Å². The van der Waals surface area contributed by atoms with Crippen molar-refractivity contribution in [2.24, 2.45) is 0 Å². The first kappa shape index (κ1) is 18.1. The summed E-state index contributed by atoms with van der Waals surface area (Å²) in [6, 6.07) is 11.7. The molecule has 1 aliphatic rings. The highest BCUT2D eigenvalue weighted by atomic mass is 35.5. The number of likely N-dealkylation sites (tertiary alicyclic amines) is 1. The summed E-state index contributed by atoms with van der Waals surface area (Å²) in [5, 5.41) is 1.14. The molecule has 1 amide bonds. The van der Waals surface area contributed by atoms with Crippen LogP contribution in [0.25, 0.3) is 0 Å². The number of carbonyl (C=O) groups is 1. The highest BCUT2D eigenvalue weighted by Gasteiger charge is 2.32. The summed E-state index contributed by atoms with van der Waals surface area (Å²) in [5.41, 5.74) is 1.04. The third-order valence-corrected chi connectivity index (χ3v) is 5.08. The van der Waals surface area contributed by atoms with Gasteiger partial charge in [-0.2, -0.15) is 0 Å². The van der Waals surface area contributed by atoms with Crippen molar-refractivity contribution in [3.05, 3.63) is 53.2 Å². The summed E-state index contributed by atoms with van der Waals surface area (Å²) >= 11 is 7.62. The summed E-state index contributed by atoms with van der Waals surface area (Å²) in [6.45, 7) is 5.54. The van der Waals surface area contributed by atoms with Crippen LogP contribution in [0.5, 0.6) is 5.88 Å². The Morgan fingerprint density at radius 1 is 1.28 bits per heavy atom. The van der Waals surface area contributed by atoms with Gasteiger partial charge in [-0.3, -0.25) is 4.79 Å². The monoisotopic (exact) mass is 376 g/mol. The summed E-state index contributed by atoms with van der Waals surface area (Å²) in [5.74, 6) is 0.674. The normalized spacial score (nSPS) is 14.5. The number of hydrogen-bond acceptors (Lipinski definition) is 4. The minimum Gasteiger partial charge on any atom is -0.471 e. The second-order valence-electron chi connectivity index (χ2n) is 6.34. The van der Waals surface area contributed by atoms with Crippen molar-refractivity contribution in [2.45, 2.75) is 36.5 Å². The van der Waals surface area contributed by atoms with Crippen molar-refractivity contribution >= 4 is 29.3 Å². The molecule has 2 heterocycles. The highest BCUT2D eigenvalue weighted by Crippen LogP contribution is 2.23. The first-order valence-corrected chi connectivity index (χ1v) is 9.57. The zero-order valence-corrected chi connectivity index (χ0v) is 15.9. The topological polar surface area (TPSA) is 42.4 Å². The Bertz CT molecular complexity index is 713. The first-order chi connectivity index (χ1) is 12.0. The number of hydrogen-bond donors (Lipinski definition) is 0. The zero-order chi connectivity index (χ0) is 17.8. The maximum atomic E-state index is 12.3. The molecule has 4 nitrogen and oxygen atoms in total. The molecule has 0 radical (unpaired) electrons. The van der Waals surface area contributed by atoms with Crippen LogP contribution in [-0.2, 0) is 11.2 Å². The van der Waals surface area contributed by atoms with Crippen LogP contribution in [0, 0.1) is 0 Å². The Morgan fingerprint density at radius 2 is 2.00 bits per heavy atom. The molecule has 1 aromatic carbocycles. The van der Waals surface area contributed by atoms with Gasteiger partial charge in [0, 0.05) is 22.4 Å². The van der Waals surface area contributed by atoms with E-state index in [9.17, 15) is 4.79 Å². The van der Waals surface area contributed by atoms with Gasteiger partial charge in [0.25, 0.3) is 0 Å². The Balaban J connectivity index is 1.45. The van der Waals surface area contributed by atoms with Crippen LogP contribution < -0.4 is 4.74 Å². The smallest absolute Gasteiger partial charge is 0.227 e. The molecule has 25 heavy (non-hydrogen) atoms. The van der Waals surface area contributed by atoms with Crippen LogP contribution >= 0.6 is 23.4 Å². The zero-order valence-electron chi connectivity index (χ0n) is 14.3. The van der Waals surface area contributed by atoms with Gasteiger partial charge in [-0.05, 0) is 23.8 Å².